The Balaban J connectivity index is 2.50. The van der Waals surface area contributed by atoms with Gasteiger partial charge in [0.05, 0.1) is 27.5 Å². The molecule has 0 unspecified atom stereocenters. The number of nitrogens with two attached hydrogens (primary N) is 1. The van der Waals surface area contributed by atoms with E-state index in [1.807, 2.05) is 0 Å². The van der Waals surface area contributed by atoms with E-state index in [0.717, 1.165) is 0 Å². The van der Waals surface area contributed by atoms with Crippen molar-refractivity contribution < 1.29 is 4.79 Å². The number of benzene rings is 1. The molecule has 16 heavy (non-hydrogen) atoms. The maximum absolute atomic E-state index is 10.9. The minimum Gasteiger partial charge on any atom is -0.366 e. The third-order valence-electron chi connectivity index (χ3n) is 2.05. The van der Waals surface area contributed by atoms with Crippen LogP contribution < -0.4 is 5.73 Å². The monoisotopic (exact) mass is 255 g/mol. The molecule has 0 aliphatic carbocycles. The van der Waals surface area contributed by atoms with Gasteiger partial charge in [0.1, 0.15) is 0 Å². The maximum Gasteiger partial charge on any atom is 0.251 e. The lowest BCUT2D eigenvalue weighted by Gasteiger charge is -2.04. The smallest absolute Gasteiger partial charge is 0.251 e. The molecule has 0 saturated heterocycles. The molecule has 0 atom stereocenters. The lowest BCUT2D eigenvalue weighted by Crippen LogP contribution is -2.09. The van der Waals surface area contributed by atoms with E-state index in [1.165, 1.54) is 17.1 Å². The number of amides is 1. The van der Waals surface area contributed by atoms with E-state index in [1.54, 1.807) is 18.2 Å². The van der Waals surface area contributed by atoms with E-state index in [4.69, 9.17) is 28.9 Å². The number of nitrogens with zero attached hydrogens (tertiary/aromatic N) is 2. The highest BCUT2D eigenvalue weighted by Gasteiger charge is 2.09. The lowest BCUT2D eigenvalue weighted by molar-refractivity contribution is 0.100. The molecule has 0 radical (unpaired) electrons. The van der Waals surface area contributed by atoms with Crippen LogP contribution in [0.2, 0.25) is 10.0 Å². The van der Waals surface area contributed by atoms with Crippen LogP contribution in [0.1, 0.15) is 10.4 Å². The first-order valence-corrected chi connectivity index (χ1v) is 5.14. The predicted molar refractivity (Wildman–Crippen MR) is 62.1 cm³/mol. The van der Waals surface area contributed by atoms with Gasteiger partial charge in [-0.25, -0.2) is 4.68 Å². The fraction of sp³-hybridized carbons (Fsp3) is 0. The lowest BCUT2D eigenvalue weighted by atomic mass is 10.3. The second-order valence-corrected chi connectivity index (χ2v) is 3.90. The Labute approximate surface area is 102 Å². The molecule has 82 valence electrons. The van der Waals surface area contributed by atoms with Gasteiger partial charge in [-0.15, -0.1) is 0 Å². The molecular formula is C10H7Cl2N3O. The van der Waals surface area contributed by atoms with Gasteiger partial charge in [0.25, 0.3) is 5.91 Å². The summed E-state index contributed by atoms with van der Waals surface area (Å²) >= 11 is 11.9. The van der Waals surface area contributed by atoms with Crippen molar-refractivity contribution >= 4 is 29.1 Å². The molecule has 4 nitrogen and oxygen atoms in total. The Morgan fingerprint density at radius 1 is 1.38 bits per heavy atom. The fourth-order valence-electron chi connectivity index (χ4n) is 1.25. The average molecular weight is 256 g/mol. The predicted octanol–water partition coefficient (Wildman–Crippen LogP) is 2.28. The molecule has 2 N–H and O–H groups in total. The highest BCUT2D eigenvalue weighted by molar-refractivity contribution is 6.43. The van der Waals surface area contributed by atoms with Crippen LogP contribution in [0.4, 0.5) is 0 Å². The standard InChI is InChI=1S/C10H7Cl2N3O/c11-7-2-1-3-8(9(7)12)15-5-6(4-14-15)10(13)16/h1-5H,(H2,13,16). The van der Waals surface area contributed by atoms with Gasteiger partial charge in [-0.1, -0.05) is 29.3 Å². The largest absolute Gasteiger partial charge is 0.366 e. The zero-order valence-corrected chi connectivity index (χ0v) is 9.53. The normalized spacial score (nSPS) is 10.4. The molecule has 1 amide bonds. The SMILES string of the molecule is NC(=O)c1cnn(-c2cccc(Cl)c2Cl)c1. The van der Waals surface area contributed by atoms with Crippen LogP contribution in [0.25, 0.3) is 5.69 Å². The summed E-state index contributed by atoms with van der Waals surface area (Å²) in [5, 5.41) is 4.79. The first-order chi connectivity index (χ1) is 7.59. The summed E-state index contributed by atoms with van der Waals surface area (Å²) in [6.07, 6.45) is 2.87. The van der Waals surface area contributed by atoms with Crippen molar-refractivity contribution in [2.24, 2.45) is 5.73 Å². The molecule has 0 bridgehead atoms. The van der Waals surface area contributed by atoms with Crippen LogP contribution in [0.3, 0.4) is 0 Å². The second-order valence-electron chi connectivity index (χ2n) is 3.11. The Hall–Kier alpha value is -1.52. The topological polar surface area (TPSA) is 60.9 Å². The first-order valence-electron chi connectivity index (χ1n) is 4.38. The quantitative estimate of drug-likeness (QED) is 0.895. The van der Waals surface area contributed by atoms with Crippen LogP contribution in [0.15, 0.2) is 30.6 Å². The molecule has 1 aromatic heterocycles. The van der Waals surface area contributed by atoms with E-state index in [2.05, 4.69) is 5.10 Å². The van der Waals surface area contributed by atoms with Gasteiger partial charge in [0.2, 0.25) is 0 Å². The molecule has 1 aromatic carbocycles. The number of aromatic nitrogens is 2. The van der Waals surface area contributed by atoms with E-state index in [-0.39, 0.29) is 0 Å². The summed E-state index contributed by atoms with van der Waals surface area (Å²) in [7, 11) is 0. The van der Waals surface area contributed by atoms with Gasteiger partial charge in [-0.3, -0.25) is 4.79 Å². The number of primary amides is 1. The van der Waals surface area contributed by atoms with Crippen LogP contribution in [0, 0.1) is 0 Å². The van der Waals surface area contributed by atoms with Crippen molar-refractivity contribution in [3.8, 4) is 5.69 Å². The molecule has 0 spiro atoms. The molecule has 0 saturated carbocycles. The Morgan fingerprint density at radius 3 is 2.75 bits per heavy atom. The van der Waals surface area contributed by atoms with Gasteiger partial charge in [0, 0.05) is 6.20 Å². The van der Waals surface area contributed by atoms with Crippen molar-refractivity contribution in [2.75, 3.05) is 0 Å². The van der Waals surface area contributed by atoms with Crippen molar-refractivity contribution in [1.29, 1.82) is 0 Å². The van der Waals surface area contributed by atoms with E-state index in [9.17, 15) is 4.79 Å². The average Bonchev–Trinajstić information content (AvgIpc) is 2.71. The third-order valence-corrected chi connectivity index (χ3v) is 2.85. The third kappa shape index (κ3) is 1.89. The highest BCUT2D eigenvalue weighted by atomic mass is 35.5. The minimum atomic E-state index is -0.538. The van der Waals surface area contributed by atoms with Crippen LogP contribution >= 0.6 is 23.2 Å². The fourth-order valence-corrected chi connectivity index (χ4v) is 1.63. The van der Waals surface area contributed by atoms with Crippen molar-refractivity contribution in [3.63, 3.8) is 0 Å². The molecule has 0 aliphatic rings. The molecule has 6 heteroatoms. The van der Waals surface area contributed by atoms with Gasteiger partial charge in [0.15, 0.2) is 0 Å². The molecule has 0 fully saturated rings. The van der Waals surface area contributed by atoms with E-state index in [0.29, 0.717) is 21.3 Å². The van der Waals surface area contributed by atoms with Crippen LogP contribution in [-0.4, -0.2) is 15.7 Å². The second kappa shape index (κ2) is 4.15. The Kier molecular flexibility index (Phi) is 2.85. The highest BCUT2D eigenvalue weighted by Crippen LogP contribution is 2.27. The van der Waals surface area contributed by atoms with Gasteiger partial charge in [-0.2, -0.15) is 5.10 Å². The maximum atomic E-state index is 10.9. The van der Waals surface area contributed by atoms with Gasteiger partial charge in [-0.05, 0) is 12.1 Å². The van der Waals surface area contributed by atoms with Crippen molar-refractivity contribution in [2.45, 2.75) is 0 Å². The summed E-state index contributed by atoms with van der Waals surface area (Å²) in [6, 6.07) is 5.16. The molecule has 2 rings (SSSR count). The Bertz CT molecular complexity index is 551. The Morgan fingerprint density at radius 2 is 2.12 bits per heavy atom. The van der Waals surface area contributed by atoms with Crippen molar-refractivity contribution in [1.82, 2.24) is 9.78 Å². The summed E-state index contributed by atoms with van der Waals surface area (Å²) in [4.78, 5) is 10.9. The number of rotatable bonds is 2. The number of hydrogen-bond acceptors (Lipinski definition) is 2. The first kappa shape index (κ1) is 11.0. The van der Waals surface area contributed by atoms with E-state index < -0.39 is 5.91 Å². The molecule has 1 heterocycles. The number of carbonyl (C=O) groups excluding carboxylic acids is 1. The molecule has 0 aliphatic heterocycles. The zero-order valence-electron chi connectivity index (χ0n) is 8.02. The summed E-state index contributed by atoms with van der Waals surface area (Å²) in [5.74, 6) is -0.538. The molecule has 2 aromatic rings. The number of halogens is 2. The molecular weight excluding hydrogens is 249 g/mol. The minimum absolute atomic E-state index is 0.316. The van der Waals surface area contributed by atoms with Gasteiger partial charge < -0.3 is 5.73 Å². The van der Waals surface area contributed by atoms with Crippen molar-refractivity contribution in [3.05, 3.63) is 46.2 Å². The zero-order chi connectivity index (χ0) is 11.7. The van der Waals surface area contributed by atoms with Crippen LogP contribution in [0.5, 0.6) is 0 Å². The summed E-state index contributed by atoms with van der Waals surface area (Å²) in [5.41, 5.74) is 6.04. The van der Waals surface area contributed by atoms with Crippen LogP contribution in [-0.2, 0) is 0 Å². The summed E-state index contributed by atoms with van der Waals surface area (Å²) < 4.78 is 1.45. The summed E-state index contributed by atoms with van der Waals surface area (Å²) in [6.45, 7) is 0. The van der Waals surface area contributed by atoms with E-state index >= 15 is 0 Å². The number of hydrogen-bond donors (Lipinski definition) is 1. The number of carbonyl (C=O) groups is 1. The van der Waals surface area contributed by atoms with Gasteiger partial charge >= 0.3 is 0 Å².